The van der Waals surface area contributed by atoms with Gasteiger partial charge in [-0.25, -0.2) is 0 Å². The second-order valence-electron chi connectivity index (χ2n) is 3.91. The Morgan fingerprint density at radius 1 is 1.33 bits per heavy atom. The zero-order valence-corrected chi connectivity index (χ0v) is 10.6. The predicted molar refractivity (Wildman–Crippen MR) is 67.7 cm³/mol. The van der Waals surface area contributed by atoms with E-state index in [1.165, 1.54) is 16.2 Å². The van der Waals surface area contributed by atoms with Gasteiger partial charge >= 0.3 is 0 Å². The number of aliphatic hydroxyl groups excluding tert-OH is 1. The number of thiophene rings is 1. The van der Waals surface area contributed by atoms with E-state index in [9.17, 15) is 9.59 Å². The van der Waals surface area contributed by atoms with Gasteiger partial charge in [0.2, 0.25) is 11.8 Å². The summed E-state index contributed by atoms with van der Waals surface area (Å²) in [5.41, 5.74) is 0.834. The van der Waals surface area contributed by atoms with Crippen molar-refractivity contribution in [3.05, 3.63) is 21.9 Å². The molecule has 0 spiro atoms. The lowest BCUT2D eigenvalue weighted by atomic mass is 10.2. The molecule has 94 valence electrons. The van der Waals surface area contributed by atoms with E-state index >= 15 is 0 Å². The molecule has 1 saturated heterocycles. The fourth-order valence-corrected chi connectivity index (χ4v) is 2.55. The van der Waals surface area contributed by atoms with Crippen LogP contribution in [0.25, 0.3) is 0 Å². The Kier molecular flexibility index (Phi) is 4.13. The van der Waals surface area contributed by atoms with E-state index in [4.69, 9.17) is 5.11 Å². The molecule has 2 rings (SSSR count). The summed E-state index contributed by atoms with van der Waals surface area (Å²) in [5, 5.41) is 10.6. The van der Waals surface area contributed by atoms with Gasteiger partial charge in [-0.2, -0.15) is 0 Å². The topological polar surface area (TPSA) is 57.6 Å². The van der Waals surface area contributed by atoms with Crippen LogP contribution in [-0.4, -0.2) is 28.4 Å². The summed E-state index contributed by atoms with van der Waals surface area (Å²) in [4.78, 5) is 25.3. The summed E-state index contributed by atoms with van der Waals surface area (Å²) in [5.74, 6) is 5.58. The Morgan fingerprint density at radius 2 is 2.06 bits per heavy atom. The fraction of sp³-hybridized carbons (Fsp3) is 0.385. The Morgan fingerprint density at radius 3 is 2.72 bits per heavy atom. The van der Waals surface area contributed by atoms with Gasteiger partial charge in [-0.15, -0.1) is 11.3 Å². The number of amides is 2. The first-order chi connectivity index (χ1) is 8.72. The normalized spacial score (nSPS) is 14.8. The maximum absolute atomic E-state index is 11.5. The van der Waals surface area contributed by atoms with E-state index in [0.717, 1.165) is 10.4 Å². The largest absolute Gasteiger partial charge is 0.395 e. The smallest absolute Gasteiger partial charge is 0.230 e. The lowest BCUT2D eigenvalue weighted by molar-refractivity contribution is -0.138. The van der Waals surface area contributed by atoms with Crippen molar-refractivity contribution in [2.75, 3.05) is 6.61 Å². The Balaban J connectivity index is 2.11. The van der Waals surface area contributed by atoms with Gasteiger partial charge in [-0.1, -0.05) is 11.8 Å². The minimum Gasteiger partial charge on any atom is -0.395 e. The number of carbonyl (C=O) groups is 2. The molecule has 18 heavy (non-hydrogen) atoms. The van der Waals surface area contributed by atoms with Crippen molar-refractivity contribution in [1.82, 2.24) is 4.90 Å². The summed E-state index contributed by atoms with van der Waals surface area (Å²) in [6, 6.07) is 1.87. The van der Waals surface area contributed by atoms with Crippen LogP contribution in [0, 0.1) is 11.8 Å². The summed E-state index contributed by atoms with van der Waals surface area (Å²) >= 11 is 1.49. The molecular formula is C13H13NO3S. The van der Waals surface area contributed by atoms with Crippen LogP contribution >= 0.6 is 11.3 Å². The molecule has 1 aliphatic rings. The highest BCUT2D eigenvalue weighted by molar-refractivity contribution is 7.10. The first kappa shape index (κ1) is 12.8. The van der Waals surface area contributed by atoms with Crippen molar-refractivity contribution in [2.24, 2.45) is 0 Å². The molecule has 1 aromatic heterocycles. The zero-order chi connectivity index (χ0) is 13.0. The molecule has 1 N–H and O–H groups in total. The van der Waals surface area contributed by atoms with Gasteiger partial charge in [-0.3, -0.25) is 14.5 Å². The lowest BCUT2D eigenvalue weighted by Gasteiger charge is -2.12. The number of nitrogens with zero attached hydrogens (tertiary/aromatic N) is 1. The number of likely N-dealkylation sites (tertiary alicyclic amines) is 1. The van der Waals surface area contributed by atoms with Crippen LogP contribution in [-0.2, 0) is 16.1 Å². The zero-order valence-electron chi connectivity index (χ0n) is 9.81. The van der Waals surface area contributed by atoms with Crippen molar-refractivity contribution in [3.63, 3.8) is 0 Å². The van der Waals surface area contributed by atoms with Gasteiger partial charge < -0.3 is 5.11 Å². The average Bonchev–Trinajstić information content (AvgIpc) is 2.92. The third-order valence-electron chi connectivity index (χ3n) is 2.66. The van der Waals surface area contributed by atoms with E-state index in [1.54, 1.807) is 0 Å². The maximum atomic E-state index is 11.5. The Bertz CT molecular complexity index is 508. The number of carbonyl (C=O) groups excluding carboxylic acids is 2. The molecule has 4 nitrogen and oxygen atoms in total. The van der Waals surface area contributed by atoms with Crippen LogP contribution in [0.1, 0.15) is 29.7 Å². The van der Waals surface area contributed by atoms with Crippen molar-refractivity contribution in [1.29, 1.82) is 0 Å². The minimum absolute atomic E-state index is 0.0373. The molecule has 1 aromatic rings. The van der Waals surface area contributed by atoms with Gasteiger partial charge in [0, 0.05) is 29.7 Å². The second kappa shape index (κ2) is 5.80. The number of aliphatic hydroxyl groups is 1. The van der Waals surface area contributed by atoms with Crippen molar-refractivity contribution in [3.8, 4) is 11.8 Å². The van der Waals surface area contributed by atoms with Crippen LogP contribution < -0.4 is 0 Å². The molecule has 0 aromatic carbocycles. The van der Waals surface area contributed by atoms with Crippen LogP contribution in [0.15, 0.2) is 11.4 Å². The van der Waals surface area contributed by atoms with Gasteiger partial charge in [0.1, 0.15) is 0 Å². The van der Waals surface area contributed by atoms with E-state index in [2.05, 4.69) is 11.8 Å². The number of hydrogen-bond acceptors (Lipinski definition) is 4. The van der Waals surface area contributed by atoms with Crippen LogP contribution in [0.3, 0.4) is 0 Å². The summed E-state index contributed by atoms with van der Waals surface area (Å²) in [7, 11) is 0. The van der Waals surface area contributed by atoms with E-state index < -0.39 is 0 Å². The monoisotopic (exact) mass is 263 g/mol. The molecular weight excluding hydrogens is 250 g/mol. The molecule has 0 aliphatic carbocycles. The van der Waals surface area contributed by atoms with Gasteiger partial charge in [0.25, 0.3) is 0 Å². The Hall–Kier alpha value is -1.64. The van der Waals surface area contributed by atoms with Gasteiger partial charge in [0.05, 0.1) is 13.2 Å². The highest BCUT2D eigenvalue weighted by Gasteiger charge is 2.29. The molecule has 2 amide bonds. The predicted octanol–water partition coefficient (Wildman–Crippen LogP) is 1.13. The van der Waals surface area contributed by atoms with E-state index in [-0.39, 0.29) is 18.4 Å². The average molecular weight is 263 g/mol. The van der Waals surface area contributed by atoms with Crippen molar-refractivity contribution >= 4 is 23.2 Å². The number of hydrogen-bond donors (Lipinski definition) is 1. The number of rotatable bonds is 3. The third kappa shape index (κ3) is 2.78. The Labute approximate surface area is 109 Å². The first-order valence-electron chi connectivity index (χ1n) is 5.71. The summed E-state index contributed by atoms with van der Waals surface area (Å²) in [6.07, 6.45) is 1.06. The van der Waals surface area contributed by atoms with Crippen LogP contribution in [0.4, 0.5) is 0 Å². The minimum atomic E-state index is -0.109. The summed E-state index contributed by atoms with van der Waals surface area (Å²) in [6.45, 7) is 0.355. The van der Waals surface area contributed by atoms with Crippen molar-refractivity contribution in [2.45, 2.75) is 25.8 Å². The molecule has 0 saturated carbocycles. The molecule has 2 heterocycles. The highest BCUT2D eigenvalue weighted by atomic mass is 32.1. The van der Waals surface area contributed by atoms with Crippen LogP contribution in [0.2, 0.25) is 0 Å². The molecule has 0 atom stereocenters. The maximum Gasteiger partial charge on any atom is 0.230 e. The van der Waals surface area contributed by atoms with Gasteiger partial charge in [-0.05, 0) is 11.4 Å². The van der Waals surface area contributed by atoms with E-state index in [1.807, 2.05) is 11.4 Å². The summed E-state index contributed by atoms with van der Waals surface area (Å²) < 4.78 is 0. The molecule has 1 fully saturated rings. The molecule has 5 heteroatoms. The van der Waals surface area contributed by atoms with E-state index in [0.29, 0.717) is 25.8 Å². The highest BCUT2D eigenvalue weighted by Crippen LogP contribution is 2.22. The molecule has 0 bridgehead atoms. The first-order valence-corrected chi connectivity index (χ1v) is 6.59. The second-order valence-corrected chi connectivity index (χ2v) is 4.91. The van der Waals surface area contributed by atoms with Crippen LogP contribution in [0.5, 0.6) is 0 Å². The molecule has 0 radical (unpaired) electrons. The molecule has 1 aliphatic heterocycles. The van der Waals surface area contributed by atoms with Gasteiger partial charge in [0.15, 0.2) is 0 Å². The molecule has 0 unspecified atom stereocenters. The van der Waals surface area contributed by atoms with Crippen molar-refractivity contribution < 1.29 is 14.7 Å². The lowest BCUT2D eigenvalue weighted by Crippen LogP contribution is -2.28. The number of imide groups is 1. The standard InChI is InChI=1S/C13H13NO3S/c15-7-2-1-3-10-6-8-18-11(10)9-14-12(16)4-5-13(14)17/h6,8,15H,2,4-5,7,9H2. The third-order valence-corrected chi connectivity index (χ3v) is 3.57. The fourth-order valence-electron chi connectivity index (χ4n) is 1.73. The quantitative estimate of drug-likeness (QED) is 0.657. The SMILES string of the molecule is O=C1CCC(=O)N1Cc1sccc1C#CCCO.